The Hall–Kier alpha value is -1.48. The Morgan fingerprint density at radius 2 is 2.15 bits per heavy atom. The lowest BCUT2D eigenvalue weighted by molar-refractivity contribution is 0.614. The molecule has 0 spiro atoms. The number of aromatic nitrogens is 2. The summed E-state index contributed by atoms with van der Waals surface area (Å²) >= 11 is 6.33. The number of rotatable bonds is 7. The summed E-state index contributed by atoms with van der Waals surface area (Å²) in [7, 11) is 0. The fourth-order valence-electron chi connectivity index (χ4n) is 2.30. The van der Waals surface area contributed by atoms with Gasteiger partial charge in [0.25, 0.3) is 0 Å². The molecular weight excluding hydrogens is 270 g/mol. The first kappa shape index (κ1) is 14.9. The molecule has 0 aliphatic carbocycles. The van der Waals surface area contributed by atoms with Gasteiger partial charge in [-0.15, -0.1) is 0 Å². The zero-order chi connectivity index (χ0) is 14.4. The lowest BCUT2D eigenvalue weighted by Crippen LogP contribution is -2.16. The highest BCUT2D eigenvalue weighted by Gasteiger charge is 2.11. The lowest BCUT2D eigenvalue weighted by Gasteiger charge is -2.19. The topological polar surface area (TPSA) is 29.9 Å². The van der Waals surface area contributed by atoms with E-state index < -0.39 is 0 Å². The van der Waals surface area contributed by atoms with Crippen molar-refractivity contribution in [2.24, 2.45) is 0 Å². The van der Waals surface area contributed by atoms with E-state index in [1.54, 1.807) is 6.20 Å². The van der Waals surface area contributed by atoms with Gasteiger partial charge < -0.3 is 5.32 Å². The first-order valence-corrected chi connectivity index (χ1v) is 7.65. The minimum absolute atomic E-state index is 0.425. The number of nitrogens with zero attached hydrogens (tertiary/aromatic N) is 2. The monoisotopic (exact) mass is 291 g/mol. The highest BCUT2D eigenvalue weighted by atomic mass is 35.5. The fourth-order valence-corrected chi connectivity index (χ4v) is 2.57. The maximum absolute atomic E-state index is 6.33. The summed E-state index contributed by atoms with van der Waals surface area (Å²) < 4.78 is 1.81. The minimum Gasteiger partial charge on any atom is -0.381 e. The second-order valence-electron chi connectivity index (χ2n) is 5.13. The molecule has 20 heavy (non-hydrogen) atoms. The summed E-state index contributed by atoms with van der Waals surface area (Å²) in [5.41, 5.74) is 1.95. The van der Waals surface area contributed by atoms with Gasteiger partial charge in [0, 0.05) is 18.4 Å². The van der Waals surface area contributed by atoms with Gasteiger partial charge in [-0.3, -0.25) is 0 Å². The molecule has 0 radical (unpaired) electrons. The van der Waals surface area contributed by atoms with E-state index in [-0.39, 0.29) is 0 Å². The van der Waals surface area contributed by atoms with E-state index in [1.807, 2.05) is 29.1 Å². The number of nitrogens with one attached hydrogen (secondary N) is 1. The average Bonchev–Trinajstić information content (AvgIpc) is 2.93. The smallest absolute Gasteiger partial charge is 0.106 e. The Bertz CT molecular complexity index is 523. The number of unbranched alkanes of at least 4 members (excludes halogenated alkanes) is 2. The maximum Gasteiger partial charge on any atom is 0.106 e. The molecule has 0 aliphatic rings. The SMILES string of the molecule is CCCCCC(C)Nc1cccc(Cl)c1-n1cccn1. The predicted octanol–water partition coefficient (Wildman–Crippen LogP) is 4.91. The van der Waals surface area contributed by atoms with Crippen molar-refractivity contribution in [3.05, 3.63) is 41.7 Å². The number of hydrogen-bond acceptors (Lipinski definition) is 2. The van der Waals surface area contributed by atoms with E-state index in [0.717, 1.165) is 11.4 Å². The highest BCUT2D eigenvalue weighted by Crippen LogP contribution is 2.28. The molecule has 1 atom stereocenters. The number of anilines is 1. The quantitative estimate of drug-likeness (QED) is 0.735. The van der Waals surface area contributed by atoms with Gasteiger partial charge in [-0.2, -0.15) is 5.10 Å². The number of benzene rings is 1. The number of halogens is 1. The van der Waals surface area contributed by atoms with Crippen LogP contribution < -0.4 is 5.32 Å². The van der Waals surface area contributed by atoms with Gasteiger partial charge in [0.15, 0.2) is 0 Å². The molecular formula is C16H22ClN3. The van der Waals surface area contributed by atoms with E-state index in [4.69, 9.17) is 11.6 Å². The van der Waals surface area contributed by atoms with E-state index in [2.05, 4.69) is 30.3 Å². The zero-order valence-corrected chi connectivity index (χ0v) is 12.9. The van der Waals surface area contributed by atoms with Crippen molar-refractivity contribution in [2.75, 3.05) is 5.32 Å². The van der Waals surface area contributed by atoms with E-state index in [9.17, 15) is 0 Å². The van der Waals surface area contributed by atoms with Crippen LogP contribution in [0.25, 0.3) is 5.69 Å². The van der Waals surface area contributed by atoms with Crippen LogP contribution in [0.3, 0.4) is 0 Å². The maximum atomic E-state index is 6.33. The molecule has 1 N–H and O–H groups in total. The van der Waals surface area contributed by atoms with Crippen LogP contribution in [0.5, 0.6) is 0 Å². The lowest BCUT2D eigenvalue weighted by atomic mass is 10.1. The Balaban J connectivity index is 2.14. The van der Waals surface area contributed by atoms with Crippen LogP contribution in [0.15, 0.2) is 36.7 Å². The molecule has 1 unspecified atom stereocenters. The van der Waals surface area contributed by atoms with Crippen LogP contribution >= 0.6 is 11.6 Å². The van der Waals surface area contributed by atoms with E-state index >= 15 is 0 Å². The van der Waals surface area contributed by atoms with Gasteiger partial charge in [0.05, 0.1) is 10.7 Å². The molecule has 0 saturated heterocycles. The van der Waals surface area contributed by atoms with Crippen LogP contribution in [-0.4, -0.2) is 15.8 Å². The van der Waals surface area contributed by atoms with Crippen molar-refractivity contribution in [1.29, 1.82) is 0 Å². The van der Waals surface area contributed by atoms with Crippen LogP contribution in [0.1, 0.15) is 39.5 Å². The second kappa shape index (κ2) is 7.34. The Morgan fingerprint density at radius 1 is 1.30 bits per heavy atom. The zero-order valence-electron chi connectivity index (χ0n) is 12.1. The highest BCUT2D eigenvalue weighted by molar-refractivity contribution is 6.33. The Kier molecular flexibility index (Phi) is 5.48. The van der Waals surface area contributed by atoms with Crippen molar-refractivity contribution < 1.29 is 0 Å². The van der Waals surface area contributed by atoms with Gasteiger partial charge in [0.1, 0.15) is 5.69 Å². The van der Waals surface area contributed by atoms with Gasteiger partial charge in [0.2, 0.25) is 0 Å². The molecule has 4 heteroatoms. The van der Waals surface area contributed by atoms with Crippen molar-refractivity contribution in [2.45, 2.75) is 45.6 Å². The predicted molar refractivity (Wildman–Crippen MR) is 85.8 cm³/mol. The Morgan fingerprint density at radius 3 is 2.85 bits per heavy atom. The fraction of sp³-hybridized carbons (Fsp3) is 0.438. The first-order chi connectivity index (χ1) is 9.72. The molecule has 3 nitrogen and oxygen atoms in total. The molecule has 108 valence electrons. The van der Waals surface area contributed by atoms with Crippen molar-refractivity contribution in [3.8, 4) is 5.69 Å². The van der Waals surface area contributed by atoms with Crippen molar-refractivity contribution in [1.82, 2.24) is 9.78 Å². The van der Waals surface area contributed by atoms with Crippen LogP contribution in [0.2, 0.25) is 5.02 Å². The third-order valence-electron chi connectivity index (χ3n) is 3.36. The number of hydrogen-bond donors (Lipinski definition) is 1. The van der Waals surface area contributed by atoms with Crippen LogP contribution in [0.4, 0.5) is 5.69 Å². The Labute approximate surface area is 126 Å². The summed E-state index contributed by atoms with van der Waals surface area (Å²) in [5.74, 6) is 0. The molecule has 1 aromatic heterocycles. The minimum atomic E-state index is 0.425. The second-order valence-corrected chi connectivity index (χ2v) is 5.54. The first-order valence-electron chi connectivity index (χ1n) is 7.27. The van der Waals surface area contributed by atoms with Crippen LogP contribution in [0, 0.1) is 0 Å². The van der Waals surface area contributed by atoms with Gasteiger partial charge >= 0.3 is 0 Å². The normalized spacial score (nSPS) is 12.3. The van der Waals surface area contributed by atoms with Crippen LogP contribution in [-0.2, 0) is 0 Å². The van der Waals surface area contributed by atoms with Crippen molar-refractivity contribution in [3.63, 3.8) is 0 Å². The van der Waals surface area contributed by atoms with E-state index in [1.165, 1.54) is 25.7 Å². The molecule has 2 aromatic rings. The summed E-state index contributed by atoms with van der Waals surface area (Å²) in [6.45, 7) is 4.44. The summed E-state index contributed by atoms with van der Waals surface area (Å²) in [6, 6.07) is 8.24. The molecule has 1 aromatic carbocycles. The van der Waals surface area contributed by atoms with Gasteiger partial charge in [-0.25, -0.2) is 4.68 Å². The number of para-hydroxylation sites is 1. The largest absolute Gasteiger partial charge is 0.381 e. The summed E-state index contributed by atoms with van der Waals surface area (Å²) in [5, 5.41) is 8.54. The molecule has 1 heterocycles. The molecule has 0 bridgehead atoms. The molecule has 2 rings (SSSR count). The van der Waals surface area contributed by atoms with Gasteiger partial charge in [-0.1, -0.05) is 43.9 Å². The molecule has 0 fully saturated rings. The average molecular weight is 292 g/mol. The molecule has 0 aliphatic heterocycles. The van der Waals surface area contributed by atoms with Crippen molar-refractivity contribution >= 4 is 17.3 Å². The van der Waals surface area contributed by atoms with Gasteiger partial charge in [-0.05, 0) is 31.5 Å². The third-order valence-corrected chi connectivity index (χ3v) is 3.67. The third kappa shape index (κ3) is 3.76. The molecule has 0 amide bonds. The molecule has 0 saturated carbocycles. The summed E-state index contributed by atoms with van der Waals surface area (Å²) in [6.07, 6.45) is 8.63. The summed E-state index contributed by atoms with van der Waals surface area (Å²) in [4.78, 5) is 0. The standard InChI is InChI=1S/C16H22ClN3/c1-3-4-5-8-13(2)19-15-10-6-9-14(17)16(15)20-12-7-11-18-20/h6-7,9-13,19H,3-5,8H2,1-2H3. The van der Waals surface area contributed by atoms with E-state index in [0.29, 0.717) is 11.1 Å².